The molecular formula is C39H46N4OS. The summed E-state index contributed by atoms with van der Waals surface area (Å²) in [6.07, 6.45) is 19.8. The van der Waals surface area contributed by atoms with Crippen LogP contribution in [-0.2, 0) is 25.6 Å². The minimum atomic E-state index is 0.472. The van der Waals surface area contributed by atoms with E-state index in [1.54, 1.807) is 0 Å². The molecule has 0 spiro atoms. The van der Waals surface area contributed by atoms with Crippen LogP contribution < -0.4 is 0 Å². The van der Waals surface area contributed by atoms with Crippen molar-refractivity contribution in [2.75, 3.05) is 19.8 Å². The molecule has 0 saturated heterocycles. The molecule has 1 N–H and O–H groups in total. The molecule has 0 radical (unpaired) electrons. The molecular weight excluding hydrogens is 573 g/mol. The fourth-order valence-electron chi connectivity index (χ4n) is 7.45. The van der Waals surface area contributed by atoms with Crippen LogP contribution >= 0.6 is 11.8 Å². The van der Waals surface area contributed by atoms with E-state index in [9.17, 15) is 4.79 Å². The summed E-state index contributed by atoms with van der Waals surface area (Å²) in [6.45, 7) is 8.77. The number of fused-ring (bicyclic) bond motifs is 4. The van der Waals surface area contributed by atoms with Gasteiger partial charge < -0.3 is 9.47 Å². The van der Waals surface area contributed by atoms with E-state index in [2.05, 4.69) is 105 Å². The second kappa shape index (κ2) is 13.3. The molecule has 2 aromatic heterocycles. The Morgan fingerprint density at radius 1 is 1.13 bits per heavy atom. The maximum atomic E-state index is 12.6. The molecule has 1 aromatic carbocycles. The van der Waals surface area contributed by atoms with Crippen LogP contribution in [0.5, 0.6) is 0 Å². The first-order valence-corrected chi connectivity index (χ1v) is 17.4. The number of nitrogens with one attached hydrogen (secondary N) is 1. The van der Waals surface area contributed by atoms with Crippen molar-refractivity contribution >= 4 is 34.5 Å². The first-order valence-electron chi connectivity index (χ1n) is 16.3. The molecule has 0 saturated carbocycles. The van der Waals surface area contributed by atoms with Crippen molar-refractivity contribution in [3.05, 3.63) is 117 Å². The topological polar surface area (TPSA) is 53.9 Å². The third-order valence-electron chi connectivity index (χ3n) is 9.70. The third-order valence-corrected chi connectivity index (χ3v) is 10.7. The summed E-state index contributed by atoms with van der Waals surface area (Å²) in [5.74, 6) is 2.17. The highest BCUT2D eigenvalue weighted by atomic mass is 32.2. The number of nitrogens with zero attached hydrogens (tertiary/aromatic N) is 3. The molecule has 2 aliphatic carbocycles. The summed E-state index contributed by atoms with van der Waals surface area (Å²) < 4.78 is 2.13. The second-order valence-corrected chi connectivity index (χ2v) is 14.1. The average Bonchev–Trinajstić information content (AvgIpc) is 3.58. The fourth-order valence-corrected chi connectivity index (χ4v) is 8.51. The maximum absolute atomic E-state index is 12.6. The van der Waals surface area contributed by atoms with Gasteiger partial charge in [0.25, 0.3) is 0 Å². The highest BCUT2D eigenvalue weighted by molar-refractivity contribution is 7.98. The van der Waals surface area contributed by atoms with Gasteiger partial charge in [0.15, 0.2) is 6.29 Å². The largest absolute Gasteiger partial charge is 0.380 e. The molecule has 6 rings (SSSR count). The maximum Gasteiger partial charge on any atom is 0.166 e. The van der Waals surface area contributed by atoms with Gasteiger partial charge in [-0.1, -0.05) is 54.7 Å². The molecule has 3 heterocycles. The number of benzene rings is 1. The van der Waals surface area contributed by atoms with E-state index in [0.29, 0.717) is 5.92 Å². The van der Waals surface area contributed by atoms with Gasteiger partial charge >= 0.3 is 0 Å². The Hall–Kier alpha value is -3.77. The minimum absolute atomic E-state index is 0.472. The van der Waals surface area contributed by atoms with Crippen molar-refractivity contribution in [2.45, 2.75) is 64.5 Å². The number of rotatable bonds is 3. The Bertz CT molecular complexity index is 1810. The number of hydrogen-bond donors (Lipinski definition) is 1. The van der Waals surface area contributed by atoms with Gasteiger partial charge in [-0.15, -0.1) is 11.8 Å². The third kappa shape index (κ3) is 6.22. The highest BCUT2D eigenvalue weighted by Crippen LogP contribution is 2.40. The van der Waals surface area contributed by atoms with Crippen molar-refractivity contribution in [2.24, 2.45) is 13.0 Å². The van der Waals surface area contributed by atoms with Gasteiger partial charge in [-0.05, 0) is 92.7 Å². The number of aromatic amines is 1. The van der Waals surface area contributed by atoms with Gasteiger partial charge in [0.05, 0.1) is 16.9 Å². The van der Waals surface area contributed by atoms with E-state index >= 15 is 0 Å². The van der Waals surface area contributed by atoms with Crippen LogP contribution in [0.25, 0.3) is 16.5 Å². The summed E-state index contributed by atoms with van der Waals surface area (Å²) in [5.41, 5.74) is 15.7. The van der Waals surface area contributed by atoms with Crippen LogP contribution in [0, 0.1) is 12.8 Å². The van der Waals surface area contributed by atoms with E-state index in [1.807, 2.05) is 11.8 Å². The Balaban J connectivity index is 1.46. The number of H-pyrrole nitrogens is 1. The fraction of sp³-hybridized carbons (Fsp3) is 0.385. The van der Waals surface area contributed by atoms with Crippen molar-refractivity contribution in [1.82, 2.24) is 19.7 Å². The van der Waals surface area contributed by atoms with Crippen LogP contribution in [0.1, 0.15) is 77.6 Å². The minimum Gasteiger partial charge on any atom is -0.380 e. The molecule has 0 amide bonds. The van der Waals surface area contributed by atoms with Gasteiger partial charge in [-0.3, -0.25) is 9.89 Å². The monoisotopic (exact) mass is 618 g/mol. The SMILES string of the molecule is C=C(C)/C1=C(\N(C)C)CSCc2cc(n[nH]2)CCC2=CC(=C3C=CC=CC3C2)CCCCc2c(C=O)n(C)c3c1c(C)ccc23. The molecule has 234 valence electrons. The van der Waals surface area contributed by atoms with Gasteiger partial charge in [0, 0.05) is 66.5 Å². The zero-order valence-electron chi connectivity index (χ0n) is 27.5. The lowest BCUT2D eigenvalue weighted by molar-refractivity contribution is 0.111. The number of aryl methyl sites for hydroxylation is 4. The molecule has 3 aromatic rings. The summed E-state index contributed by atoms with van der Waals surface area (Å²) in [6, 6.07) is 6.71. The van der Waals surface area contributed by atoms with E-state index in [0.717, 1.165) is 90.9 Å². The van der Waals surface area contributed by atoms with Crippen LogP contribution in [0.4, 0.5) is 0 Å². The van der Waals surface area contributed by atoms with Gasteiger partial charge in [0.1, 0.15) is 0 Å². The second-order valence-electron chi connectivity index (χ2n) is 13.1. The molecule has 45 heavy (non-hydrogen) atoms. The molecule has 3 aliphatic rings. The van der Waals surface area contributed by atoms with Crippen molar-refractivity contribution in [3.8, 4) is 0 Å². The van der Waals surface area contributed by atoms with Crippen LogP contribution in [0.3, 0.4) is 0 Å². The predicted molar refractivity (Wildman–Crippen MR) is 191 cm³/mol. The quantitative estimate of drug-likeness (QED) is 0.298. The van der Waals surface area contributed by atoms with Crippen LogP contribution in [-0.4, -0.2) is 45.8 Å². The first-order chi connectivity index (χ1) is 21.8. The number of aldehydes is 1. The average molecular weight is 619 g/mol. The molecule has 1 atom stereocenters. The first kappa shape index (κ1) is 31.2. The Kier molecular flexibility index (Phi) is 9.23. The lowest BCUT2D eigenvalue weighted by Crippen LogP contribution is -2.17. The lowest BCUT2D eigenvalue weighted by atomic mass is 9.78. The van der Waals surface area contributed by atoms with Crippen LogP contribution in [0.2, 0.25) is 0 Å². The van der Waals surface area contributed by atoms with Crippen molar-refractivity contribution in [3.63, 3.8) is 0 Å². The lowest BCUT2D eigenvalue weighted by Gasteiger charge is -2.27. The highest BCUT2D eigenvalue weighted by Gasteiger charge is 2.25. The Labute approximate surface area is 272 Å². The molecule has 5 nitrogen and oxygen atoms in total. The number of allylic oxidation sites excluding steroid dienone is 10. The zero-order chi connectivity index (χ0) is 31.7. The zero-order valence-corrected chi connectivity index (χ0v) is 28.3. The molecule has 0 fully saturated rings. The van der Waals surface area contributed by atoms with Crippen LogP contribution in [0.15, 0.2) is 83.1 Å². The number of aromatic nitrogens is 3. The molecule has 6 heteroatoms. The molecule has 1 unspecified atom stereocenters. The van der Waals surface area contributed by atoms with Crippen molar-refractivity contribution < 1.29 is 4.79 Å². The number of carbonyl (C=O) groups is 1. The van der Waals surface area contributed by atoms with E-state index in [1.165, 1.54) is 50.1 Å². The Morgan fingerprint density at radius 2 is 1.96 bits per heavy atom. The van der Waals surface area contributed by atoms with Gasteiger partial charge in [0.2, 0.25) is 0 Å². The van der Waals surface area contributed by atoms with Gasteiger partial charge in [-0.25, -0.2) is 0 Å². The Morgan fingerprint density at radius 3 is 2.73 bits per heavy atom. The van der Waals surface area contributed by atoms with E-state index in [4.69, 9.17) is 5.10 Å². The number of thioether (sulfide) groups is 1. The van der Waals surface area contributed by atoms with Crippen molar-refractivity contribution in [1.29, 1.82) is 0 Å². The smallest absolute Gasteiger partial charge is 0.166 e. The standard InChI is InChI=1S/C39H46N4OS/c1-25(2)37-36(42(4)5)24-45-23-31-21-30(40-41-31)17-16-27-19-28-11-7-9-13-32(28)29(20-27)12-8-10-14-33-34-18-15-26(3)38(37)39(34)43(6)35(33)22-44/h7,9,11,13,15,18,20-22,28H,1,8,10,12,14,16-17,19,23-24H2,2-6H3,(H,40,41)/b37-36+. The summed E-state index contributed by atoms with van der Waals surface area (Å²) in [4.78, 5) is 14.9. The summed E-state index contributed by atoms with van der Waals surface area (Å²) in [5, 5.41) is 9.19. The van der Waals surface area contributed by atoms with E-state index in [-0.39, 0.29) is 0 Å². The van der Waals surface area contributed by atoms with Gasteiger partial charge in [-0.2, -0.15) is 5.10 Å². The number of carbonyl (C=O) groups excluding carboxylic acids is 1. The summed E-state index contributed by atoms with van der Waals surface area (Å²) in [7, 11) is 6.30. The number of hydrogen-bond acceptors (Lipinski definition) is 4. The molecule has 8 bridgehead atoms. The molecule has 1 aliphatic heterocycles. The summed E-state index contributed by atoms with van der Waals surface area (Å²) >= 11 is 1.89. The predicted octanol–water partition coefficient (Wildman–Crippen LogP) is 8.83. The van der Waals surface area contributed by atoms with E-state index < -0.39 is 0 Å². The normalized spacial score (nSPS) is 21.0.